The van der Waals surface area contributed by atoms with E-state index in [9.17, 15) is 5.11 Å². The molecule has 0 unspecified atom stereocenters. The average Bonchev–Trinajstić information content (AvgIpc) is 3.08. The van der Waals surface area contributed by atoms with Crippen LogP contribution in [0.1, 0.15) is 24.8 Å². The number of anilines is 2. The largest absolute Gasteiger partial charge is 0.396 e. The maximum absolute atomic E-state index is 9.29. The Balaban J connectivity index is 1.86. The number of hydrogen-bond acceptors (Lipinski definition) is 8. The molecule has 1 aromatic carbocycles. The highest BCUT2D eigenvalue weighted by Crippen LogP contribution is 2.35. The minimum absolute atomic E-state index is 0.0413. The third-order valence-electron chi connectivity index (χ3n) is 4.24. The molecular formula is C17H18ClN7O. The number of nitrogens with one attached hydrogen (secondary N) is 1. The number of nitrogens with zero attached hydrogens (tertiary/aromatic N) is 5. The molecule has 0 bridgehead atoms. The number of halogens is 1. The Bertz CT molecular complexity index is 865. The molecule has 0 saturated heterocycles. The van der Waals surface area contributed by atoms with Gasteiger partial charge < -0.3 is 16.2 Å². The van der Waals surface area contributed by atoms with Gasteiger partial charge in [0.25, 0.3) is 0 Å². The van der Waals surface area contributed by atoms with Crippen molar-refractivity contribution < 1.29 is 5.11 Å². The van der Waals surface area contributed by atoms with E-state index >= 15 is 0 Å². The first-order valence-electron chi connectivity index (χ1n) is 8.21. The topological polar surface area (TPSA) is 133 Å². The smallest absolute Gasteiger partial charge is 0.223 e. The second-order valence-corrected chi connectivity index (χ2v) is 6.49. The van der Waals surface area contributed by atoms with E-state index in [1.54, 1.807) is 24.3 Å². The molecule has 1 aliphatic carbocycles. The van der Waals surface area contributed by atoms with Crippen LogP contribution >= 0.6 is 11.6 Å². The Morgan fingerprint density at radius 3 is 2.92 bits per heavy atom. The molecule has 4 N–H and O–H groups in total. The predicted octanol–water partition coefficient (Wildman–Crippen LogP) is 3.57. The Labute approximate surface area is 155 Å². The van der Waals surface area contributed by atoms with Crippen molar-refractivity contribution in [2.24, 2.45) is 16.1 Å². The van der Waals surface area contributed by atoms with Crippen LogP contribution in [0.25, 0.3) is 0 Å². The van der Waals surface area contributed by atoms with Crippen LogP contribution in [0, 0.1) is 17.2 Å². The molecule has 0 spiro atoms. The Kier molecular flexibility index (Phi) is 5.61. The molecule has 0 amide bonds. The van der Waals surface area contributed by atoms with E-state index in [2.05, 4.69) is 31.6 Å². The van der Waals surface area contributed by atoms with Gasteiger partial charge in [-0.15, -0.1) is 5.11 Å². The molecule has 2 aromatic rings. The van der Waals surface area contributed by atoms with Crippen LogP contribution in [0.15, 0.2) is 34.5 Å². The monoisotopic (exact) mass is 371 g/mol. The van der Waals surface area contributed by atoms with Crippen molar-refractivity contribution in [1.82, 2.24) is 9.97 Å². The molecule has 2 atom stereocenters. The molecule has 8 nitrogen and oxygen atoms in total. The summed E-state index contributed by atoms with van der Waals surface area (Å²) in [5, 5.41) is 29.9. The fraction of sp³-hybridized carbons (Fsp3) is 0.353. The summed E-state index contributed by atoms with van der Waals surface area (Å²) in [6.07, 6.45) is 2.69. The van der Waals surface area contributed by atoms with Gasteiger partial charge in [0.1, 0.15) is 0 Å². The van der Waals surface area contributed by atoms with E-state index in [-0.39, 0.29) is 35.4 Å². The van der Waals surface area contributed by atoms with Gasteiger partial charge in [-0.25, -0.2) is 0 Å². The molecule has 1 aromatic heterocycles. The summed E-state index contributed by atoms with van der Waals surface area (Å²) in [5.74, 6) is 0.729. The van der Waals surface area contributed by atoms with Gasteiger partial charge in [0, 0.05) is 12.6 Å². The van der Waals surface area contributed by atoms with E-state index in [1.165, 1.54) is 0 Å². The fourth-order valence-corrected chi connectivity index (χ4v) is 3.16. The summed E-state index contributed by atoms with van der Waals surface area (Å²) in [5.41, 5.74) is 7.00. The molecule has 26 heavy (non-hydrogen) atoms. The van der Waals surface area contributed by atoms with Crippen molar-refractivity contribution in [3.63, 3.8) is 0 Å². The van der Waals surface area contributed by atoms with Gasteiger partial charge in [-0.1, -0.05) is 17.7 Å². The van der Waals surface area contributed by atoms with Crippen LogP contribution in [0.5, 0.6) is 0 Å². The standard InChI is InChI=1S/C17H18ClN7O/c18-15-14(25-24-13-3-1-2-10(6-13)8-19)16(23-17(20)22-15)21-12-5-4-11(7-12)9-26/h1-3,6,11-12,26H,4-5,7,9H2,(H3,20,21,22,23)/b25-24+/t11-,12+/m1/s1. The number of rotatable bonds is 5. The third-order valence-corrected chi connectivity index (χ3v) is 4.50. The van der Waals surface area contributed by atoms with E-state index in [1.807, 2.05) is 0 Å². The molecule has 1 aliphatic rings. The van der Waals surface area contributed by atoms with Crippen molar-refractivity contribution in [1.29, 1.82) is 5.26 Å². The maximum atomic E-state index is 9.29. The highest BCUT2D eigenvalue weighted by molar-refractivity contribution is 6.32. The number of aliphatic hydroxyl groups is 1. The van der Waals surface area contributed by atoms with Gasteiger partial charge in [-0.3, -0.25) is 0 Å². The molecule has 134 valence electrons. The van der Waals surface area contributed by atoms with E-state index in [4.69, 9.17) is 22.6 Å². The second kappa shape index (κ2) is 8.08. The number of nitrogen functional groups attached to an aromatic ring is 1. The normalized spacial score (nSPS) is 19.6. The maximum Gasteiger partial charge on any atom is 0.223 e. The first kappa shape index (κ1) is 18.0. The zero-order valence-electron chi connectivity index (χ0n) is 13.9. The number of aromatic nitrogens is 2. The first-order chi connectivity index (χ1) is 12.6. The molecule has 1 fully saturated rings. The van der Waals surface area contributed by atoms with Crippen molar-refractivity contribution in [2.75, 3.05) is 17.7 Å². The molecule has 1 heterocycles. The van der Waals surface area contributed by atoms with Crippen molar-refractivity contribution in [2.45, 2.75) is 25.3 Å². The molecule has 0 aliphatic heterocycles. The fourth-order valence-electron chi connectivity index (χ4n) is 2.94. The zero-order chi connectivity index (χ0) is 18.5. The first-order valence-corrected chi connectivity index (χ1v) is 8.59. The van der Waals surface area contributed by atoms with Crippen molar-refractivity contribution in [3.8, 4) is 6.07 Å². The highest BCUT2D eigenvalue weighted by Gasteiger charge is 2.25. The Morgan fingerprint density at radius 2 is 2.19 bits per heavy atom. The van der Waals surface area contributed by atoms with Crippen LogP contribution in [0.2, 0.25) is 5.15 Å². The van der Waals surface area contributed by atoms with Crippen molar-refractivity contribution >= 4 is 34.7 Å². The van der Waals surface area contributed by atoms with Crippen LogP contribution in [-0.4, -0.2) is 27.7 Å². The highest BCUT2D eigenvalue weighted by atomic mass is 35.5. The SMILES string of the molecule is N#Cc1cccc(/N=N/c2c(Cl)nc(N)nc2N[C@H]2CC[C@@H](CO)C2)c1. The van der Waals surface area contributed by atoms with E-state index in [0.29, 0.717) is 17.1 Å². The zero-order valence-corrected chi connectivity index (χ0v) is 14.7. The van der Waals surface area contributed by atoms with Gasteiger partial charge in [0.2, 0.25) is 5.95 Å². The van der Waals surface area contributed by atoms with Gasteiger partial charge in [0.15, 0.2) is 16.7 Å². The predicted molar refractivity (Wildman–Crippen MR) is 98.6 cm³/mol. The molecule has 9 heteroatoms. The van der Waals surface area contributed by atoms with Crippen LogP contribution in [-0.2, 0) is 0 Å². The Morgan fingerprint density at radius 1 is 1.35 bits per heavy atom. The number of nitriles is 1. The van der Waals surface area contributed by atoms with Gasteiger partial charge in [0.05, 0.1) is 17.3 Å². The summed E-state index contributed by atoms with van der Waals surface area (Å²) in [6, 6.07) is 8.95. The molecular weight excluding hydrogens is 354 g/mol. The number of azo groups is 1. The quantitative estimate of drug-likeness (QED) is 0.543. The van der Waals surface area contributed by atoms with Gasteiger partial charge in [-0.05, 0) is 43.4 Å². The number of benzene rings is 1. The lowest BCUT2D eigenvalue weighted by Crippen LogP contribution is -2.18. The molecule has 0 radical (unpaired) electrons. The van der Waals surface area contributed by atoms with Crippen LogP contribution in [0.4, 0.5) is 23.1 Å². The minimum atomic E-state index is 0.0413. The summed E-state index contributed by atoms with van der Waals surface area (Å²) in [7, 11) is 0. The summed E-state index contributed by atoms with van der Waals surface area (Å²) in [4.78, 5) is 8.13. The molecule has 1 saturated carbocycles. The lowest BCUT2D eigenvalue weighted by atomic mass is 10.1. The van der Waals surface area contributed by atoms with Crippen LogP contribution < -0.4 is 11.1 Å². The van der Waals surface area contributed by atoms with Gasteiger partial charge >= 0.3 is 0 Å². The number of hydrogen-bond donors (Lipinski definition) is 3. The third kappa shape index (κ3) is 4.25. The Hall–Kier alpha value is -2.76. The van der Waals surface area contributed by atoms with Crippen molar-refractivity contribution in [3.05, 3.63) is 35.0 Å². The summed E-state index contributed by atoms with van der Waals surface area (Å²) >= 11 is 6.18. The minimum Gasteiger partial charge on any atom is -0.396 e. The van der Waals surface area contributed by atoms with E-state index in [0.717, 1.165) is 19.3 Å². The molecule has 3 rings (SSSR count). The second-order valence-electron chi connectivity index (χ2n) is 6.13. The average molecular weight is 372 g/mol. The summed E-state index contributed by atoms with van der Waals surface area (Å²) in [6.45, 7) is 0.173. The number of nitrogens with two attached hydrogens (primary N) is 1. The van der Waals surface area contributed by atoms with E-state index < -0.39 is 0 Å². The lowest BCUT2D eigenvalue weighted by Gasteiger charge is -2.15. The number of aliphatic hydroxyl groups excluding tert-OH is 1. The lowest BCUT2D eigenvalue weighted by molar-refractivity contribution is 0.229. The van der Waals surface area contributed by atoms with Gasteiger partial charge in [-0.2, -0.15) is 20.3 Å². The van der Waals surface area contributed by atoms with Crippen LogP contribution in [0.3, 0.4) is 0 Å². The summed E-state index contributed by atoms with van der Waals surface area (Å²) < 4.78 is 0.